The third-order valence-corrected chi connectivity index (χ3v) is 4.25. The fourth-order valence-electron chi connectivity index (χ4n) is 3.08. The molecule has 2 aliphatic rings. The first kappa shape index (κ1) is 15.2. The van der Waals surface area contributed by atoms with Gasteiger partial charge in [-0.1, -0.05) is 0 Å². The number of methoxy groups -OCH3 is 1. The van der Waals surface area contributed by atoms with Crippen molar-refractivity contribution >= 4 is 11.7 Å². The topological polar surface area (TPSA) is 79.4 Å². The number of likely N-dealkylation sites (tertiary alicyclic amines) is 1. The SMILES string of the molecule is COCCN1CC(Nc2ncnc3c2CCNCC3)CC1=O. The van der Waals surface area contributed by atoms with E-state index in [4.69, 9.17) is 4.74 Å². The van der Waals surface area contributed by atoms with Gasteiger partial charge in [0.1, 0.15) is 12.1 Å². The third-order valence-electron chi connectivity index (χ3n) is 4.25. The van der Waals surface area contributed by atoms with Crippen molar-refractivity contribution in [2.45, 2.75) is 25.3 Å². The predicted molar refractivity (Wildman–Crippen MR) is 82.8 cm³/mol. The quantitative estimate of drug-likeness (QED) is 0.786. The molecule has 7 heteroatoms. The molecule has 2 N–H and O–H groups in total. The molecule has 3 heterocycles. The summed E-state index contributed by atoms with van der Waals surface area (Å²) in [7, 11) is 1.65. The molecule has 0 saturated carbocycles. The standard InChI is InChI=1S/C15H23N5O2/c1-22-7-6-20-9-11(8-14(20)21)19-15-12-2-4-16-5-3-13(12)17-10-18-15/h10-11,16H,2-9H2,1H3,(H,17,18,19). The van der Waals surface area contributed by atoms with Crippen LogP contribution in [0.2, 0.25) is 0 Å². The summed E-state index contributed by atoms with van der Waals surface area (Å²) in [5, 5.41) is 6.83. The molecule has 0 spiro atoms. The summed E-state index contributed by atoms with van der Waals surface area (Å²) in [6.07, 6.45) is 3.98. The molecule has 2 aliphatic heterocycles. The molecular weight excluding hydrogens is 282 g/mol. The van der Waals surface area contributed by atoms with E-state index in [1.54, 1.807) is 13.4 Å². The molecule has 3 rings (SSSR count). The summed E-state index contributed by atoms with van der Waals surface area (Å²) in [5.41, 5.74) is 2.30. The molecule has 0 radical (unpaired) electrons. The van der Waals surface area contributed by atoms with Crippen LogP contribution in [-0.2, 0) is 22.4 Å². The molecule has 1 atom stereocenters. The fraction of sp³-hybridized carbons (Fsp3) is 0.667. The minimum atomic E-state index is 0.111. The Labute approximate surface area is 130 Å². The van der Waals surface area contributed by atoms with Crippen molar-refractivity contribution in [3.8, 4) is 0 Å². The number of nitrogens with one attached hydrogen (secondary N) is 2. The van der Waals surface area contributed by atoms with Crippen LogP contribution in [0.4, 0.5) is 5.82 Å². The van der Waals surface area contributed by atoms with Gasteiger partial charge in [0, 0.05) is 45.1 Å². The maximum Gasteiger partial charge on any atom is 0.224 e. The number of nitrogens with zero attached hydrogens (tertiary/aromatic N) is 3. The van der Waals surface area contributed by atoms with Gasteiger partial charge in [-0.25, -0.2) is 9.97 Å². The van der Waals surface area contributed by atoms with Crippen molar-refractivity contribution in [3.05, 3.63) is 17.6 Å². The number of carbonyl (C=O) groups excluding carboxylic acids is 1. The van der Waals surface area contributed by atoms with Crippen LogP contribution >= 0.6 is 0 Å². The van der Waals surface area contributed by atoms with Gasteiger partial charge in [0.2, 0.25) is 5.91 Å². The molecule has 1 aromatic heterocycles. The maximum absolute atomic E-state index is 12.0. The first-order chi connectivity index (χ1) is 10.8. The normalized spacial score (nSPS) is 21.6. The lowest BCUT2D eigenvalue weighted by Crippen LogP contribution is -2.31. The van der Waals surface area contributed by atoms with E-state index in [-0.39, 0.29) is 11.9 Å². The number of rotatable bonds is 5. The molecule has 0 aliphatic carbocycles. The van der Waals surface area contributed by atoms with Crippen molar-refractivity contribution in [2.24, 2.45) is 0 Å². The van der Waals surface area contributed by atoms with E-state index >= 15 is 0 Å². The smallest absolute Gasteiger partial charge is 0.224 e. The van der Waals surface area contributed by atoms with Crippen LogP contribution in [0.15, 0.2) is 6.33 Å². The van der Waals surface area contributed by atoms with Gasteiger partial charge < -0.3 is 20.3 Å². The highest BCUT2D eigenvalue weighted by atomic mass is 16.5. The van der Waals surface area contributed by atoms with Crippen LogP contribution in [0.5, 0.6) is 0 Å². The van der Waals surface area contributed by atoms with Gasteiger partial charge in [-0.3, -0.25) is 4.79 Å². The van der Waals surface area contributed by atoms with Crippen LogP contribution in [0.1, 0.15) is 17.7 Å². The Hall–Kier alpha value is -1.73. The number of aromatic nitrogens is 2. The van der Waals surface area contributed by atoms with Gasteiger partial charge in [0.15, 0.2) is 0 Å². The molecule has 22 heavy (non-hydrogen) atoms. The average Bonchev–Trinajstić information content (AvgIpc) is 2.73. The van der Waals surface area contributed by atoms with Crippen LogP contribution in [0.25, 0.3) is 0 Å². The van der Waals surface area contributed by atoms with Gasteiger partial charge in [0.25, 0.3) is 0 Å². The second kappa shape index (κ2) is 7.02. The molecule has 7 nitrogen and oxygen atoms in total. The van der Waals surface area contributed by atoms with Crippen molar-refractivity contribution in [1.82, 2.24) is 20.2 Å². The highest BCUT2D eigenvalue weighted by Crippen LogP contribution is 2.21. The van der Waals surface area contributed by atoms with Crippen LogP contribution in [0.3, 0.4) is 0 Å². The Balaban J connectivity index is 1.68. The second-order valence-electron chi connectivity index (χ2n) is 5.78. The summed E-state index contributed by atoms with van der Waals surface area (Å²) < 4.78 is 5.05. The fourth-order valence-corrected chi connectivity index (χ4v) is 3.08. The molecular formula is C15H23N5O2. The maximum atomic E-state index is 12.0. The lowest BCUT2D eigenvalue weighted by molar-refractivity contribution is -0.128. The first-order valence-electron chi connectivity index (χ1n) is 7.84. The highest BCUT2D eigenvalue weighted by molar-refractivity contribution is 5.80. The van der Waals surface area contributed by atoms with E-state index < -0.39 is 0 Å². The molecule has 1 fully saturated rings. The predicted octanol–water partition coefficient (Wildman–Crippen LogP) is -0.176. The van der Waals surface area contributed by atoms with E-state index in [2.05, 4.69) is 20.6 Å². The summed E-state index contributed by atoms with van der Waals surface area (Å²) in [6, 6.07) is 0.111. The van der Waals surface area contributed by atoms with Crippen LogP contribution < -0.4 is 10.6 Å². The molecule has 1 aromatic rings. The number of carbonyl (C=O) groups is 1. The summed E-state index contributed by atoms with van der Waals surface area (Å²) >= 11 is 0. The van der Waals surface area contributed by atoms with Crippen molar-refractivity contribution in [2.75, 3.05) is 45.2 Å². The monoisotopic (exact) mass is 305 g/mol. The van der Waals surface area contributed by atoms with E-state index in [9.17, 15) is 4.79 Å². The first-order valence-corrected chi connectivity index (χ1v) is 7.84. The van der Waals surface area contributed by atoms with Crippen LogP contribution in [0, 0.1) is 0 Å². The van der Waals surface area contributed by atoms with Crippen LogP contribution in [-0.4, -0.2) is 66.7 Å². The number of amides is 1. The largest absolute Gasteiger partial charge is 0.383 e. The Morgan fingerprint density at radius 1 is 1.41 bits per heavy atom. The lowest BCUT2D eigenvalue weighted by atomic mass is 10.1. The number of ether oxygens (including phenoxy) is 1. The molecule has 1 saturated heterocycles. The summed E-state index contributed by atoms with van der Waals surface area (Å²) in [5.74, 6) is 1.07. The Morgan fingerprint density at radius 3 is 3.14 bits per heavy atom. The number of anilines is 1. The molecule has 0 aromatic carbocycles. The van der Waals surface area contributed by atoms with Crippen molar-refractivity contribution < 1.29 is 9.53 Å². The number of fused-ring (bicyclic) bond motifs is 1. The van der Waals surface area contributed by atoms with E-state index in [1.165, 1.54) is 5.56 Å². The Kier molecular flexibility index (Phi) is 4.84. The Bertz CT molecular complexity index is 537. The zero-order valence-electron chi connectivity index (χ0n) is 13.0. The lowest BCUT2D eigenvalue weighted by Gasteiger charge is -2.18. The average molecular weight is 305 g/mol. The number of hydrogen-bond donors (Lipinski definition) is 2. The van der Waals surface area contributed by atoms with Gasteiger partial charge >= 0.3 is 0 Å². The minimum Gasteiger partial charge on any atom is -0.383 e. The second-order valence-corrected chi connectivity index (χ2v) is 5.78. The summed E-state index contributed by atoms with van der Waals surface area (Å²) in [6.45, 7) is 3.83. The zero-order chi connectivity index (χ0) is 15.4. The highest BCUT2D eigenvalue weighted by Gasteiger charge is 2.30. The molecule has 1 amide bonds. The van der Waals surface area contributed by atoms with Crippen molar-refractivity contribution in [1.29, 1.82) is 0 Å². The zero-order valence-corrected chi connectivity index (χ0v) is 13.0. The molecule has 1 unspecified atom stereocenters. The summed E-state index contributed by atoms with van der Waals surface area (Å²) in [4.78, 5) is 22.7. The van der Waals surface area contributed by atoms with E-state index in [0.717, 1.165) is 37.4 Å². The Morgan fingerprint density at radius 2 is 2.27 bits per heavy atom. The number of hydrogen-bond acceptors (Lipinski definition) is 6. The third kappa shape index (κ3) is 3.36. The molecule has 0 bridgehead atoms. The van der Waals surface area contributed by atoms with Gasteiger partial charge in [-0.2, -0.15) is 0 Å². The van der Waals surface area contributed by atoms with Crippen molar-refractivity contribution in [3.63, 3.8) is 0 Å². The van der Waals surface area contributed by atoms with Gasteiger partial charge in [-0.15, -0.1) is 0 Å². The molecule has 120 valence electrons. The van der Waals surface area contributed by atoms with Gasteiger partial charge in [0.05, 0.1) is 18.3 Å². The van der Waals surface area contributed by atoms with Gasteiger partial charge in [-0.05, 0) is 13.0 Å². The van der Waals surface area contributed by atoms with E-state index in [1.807, 2.05) is 4.90 Å². The minimum absolute atomic E-state index is 0.111. The van der Waals surface area contributed by atoms with E-state index in [0.29, 0.717) is 26.1 Å².